The molecule has 0 aliphatic rings. The Labute approximate surface area is 247 Å². The number of anilines is 1. The van der Waals surface area contributed by atoms with Crippen molar-refractivity contribution in [3.05, 3.63) is 80.7 Å². The summed E-state index contributed by atoms with van der Waals surface area (Å²) in [6.45, 7) is 10.6. The van der Waals surface area contributed by atoms with Crippen molar-refractivity contribution in [1.29, 1.82) is 0 Å². The molecule has 0 saturated carbocycles. The van der Waals surface area contributed by atoms with E-state index in [0.717, 1.165) is 26.6 Å². The van der Waals surface area contributed by atoms with Gasteiger partial charge in [0.15, 0.2) is 0 Å². The van der Waals surface area contributed by atoms with Gasteiger partial charge >= 0.3 is 5.00 Å². The summed E-state index contributed by atoms with van der Waals surface area (Å²) in [6, 6.07) is 14.5. The minimum Gasteiger partial charge on any atom is -0.267 e. The van der Waals surface area contributed by atoms with Crippen LogP contribution < -0.4 is 5.01 Å². The third-order valence-corrected chi connectivity index (χ3v) is 9.69. The maximum Gasteiger partial charge on any atom is 0.324 e. The number of amides is 1. The molecule has 13 heteroatoms. The molecule has 2 heterocycles. The van der Waals surface area contributed by atoms with Gasteiger partial charge in [0.1, 0.15) is 0 Å². The van der Waals surface area contributed by atoms with E-state index in [4.69, 9.17) is 0 Å². The Kier molecular flexibility index (Phi) is 9.32. The first-order chi connectivity index (χ1) is 19.3. The zero-order chi connectivity index (χ0) is 29.9. The van der Waals surface area contributed by atoms with Crippen LogP contribution in [0.5, 0.6) is 0 Å². The van der Waals surface area contributed by atoms with E-state index < -0.39 is 20.9 Å². The number of hydrazone groups is 1. The summed E-state index contributed by atoms with van der Waals surface area (Å²) < 4.78 is 29.2. The second kappa shape index (κ2) is 12.6. The van der Waals surface area contributed by atoms with Crippen LogP contribution in [0.4, 0.5) is 10.1 Å². The van der Waals surface area contributed by atoms with E-state index in [-0.39, 0.29) is 27.3 Å². The van der Waals surface area contributed by atoms with Crippen molar-refractivity contribution in [2.75, 3.05) is 18.1 Å². The van der Waals surface area contributed by atoms with Crippen molar-refractivity contribution in [1.82, 2.24) is 9.29 Å². The van der Waals surface area contributed by atoms with Crippen LogP contribution in [0.3, 0.4) is 0 Å². The summed E-state index contributed by atoms with van der Waals surface area (Å²) in [5.74, 6) is -0.218. The van der Waals surface area contributed by atoms with Crippen LogP contribution in [0.1, 0.15) is 48.5 Å². The lowest BCUT2D eigenvalue weighted by molar-refractivity contribution is -0.380. The molecule has 0 spiro atoms. The van der Waals surface area contributed by atoms with E-state index in [9.17, 15) is 23.3 Å². The van der Waals surface area contributed by atoms with Crippen molar-refractivity contribution in [2.24, 2.45) is 16.9 Å². The molecule has 2 aromatic carbocycles. The molecule has 216 valence electrons. The lowest BCUT2D eigenvalue weighted by atomic mass is 10.2. The fraction of sp³-hybridized carbons (Fsp3) is 0.321. The number of hydrogen-bond donors (Lipinski definition) is 0. The Morgan fingerprint density at radius 3 is 2.27 bits per heavy atom. The van der Waals surface area contributed by atoms with Gasteiger partial charge in [-0.1, -0.05) is 56.4 Å². The normalized spacial score (nSPS) is 12.3. The van der Waals surface area contributed by atoms with E-state index in [0.29, 0.717) is 28.6 Å². The Morgan fingerprint density at radius 2 is 1.68 bits per heavy atom. The fourth-order valence-corrected chi connectivity index (χ4v) is 7.52. The number of carbonyl (C=O) groups is 1. The number of aromatic nitrogens is 1. The standard InChI is InChI=1S/C28H31N5O5S3/c1-18(2)16-31(17-19(3)4)41(37,38)23-10-7-21(8-11-23)27(34)32(29-15-22-9-13-26(39-22)33(35)36)28-30-24-12-6-20(5)14-25(24)40-28/h6-15,18-19H,16-17H2,1-5H3/b29-15+. The maximum absolute atomic E-state index is 13.7. The fourth-order valence-electron chi connectivity index (χ4n) is 4.05. The molecule has 0 unspecified atom stereocenters. The number of aryl methyl sites for hydroxylation is 1. The van der Waals surface area contributed by atoms with Gasteiger partial charge in [-0.3, -0.25) is 14.9 Å². The minimum atomic E-state index is -3.76. The van der Waals surface area contributed by atoms with Crippen LogP contribution in [0.25, 0.3) is 10.2 Å². The van der Waals surface area contributed by atoms with Gasteiger partial charge in [0.25, 0.3) is 5.91 Å². The molecule has 0 saturated heterocycles. The molecule has 2 aromatic heterocycles. The van der Waals surface area contributed by atoms with E-state index in [2.05, 4.69) is 10.1 Å². The number of sulfonamides is 1. The average Bonchev–Trinajstić information content (AvgIpc) is 3.55. The molecule has 0 N–H and O–H groups in total. The van der Waals surface area contributed by atoms with E-state index in [1.165, 1.54) is 52.2 Å². The molecule has 4 rings (SSSR count). The first-order valence-corrected chi connectivity index (χ1v) is 16.0. The SMILES string of the molecule is Cc1ccc2nc(N(/N=C/c3ccc([N+](=O)[O-])s3)C(=O)c3ccc(S(=O)(=O)N(CC(C)C)CC(C)C)cc3)sc2c1. The first-order valence-electron chi connectivity index (χ1n) is 12.9. The molecule has 41 heavy (non-hydrogen) atoms. The van der Waals surface area contributed by atoms with Crippen LogP contribution in [-0.4, -0.2) is 47.8 Å². The number of thiazole rings is 1. The Bertz CT molecular complexity index is 1680. The Morgan fingerprint density at radius 1 is 1.02 bits per heavy atom. The highest BCUT2D eigenvalue weighted by atomic mass is 32.2. The van der Waals surface area contributed by atoms with Crippen LogP contribution in [0.2, 0.25) is 0 Å². The molecule has 0 atom stereocenters. The third-order valence-electron chi connectivity index (χ3n) is 5.88. The number of hydrogen-bond acceptors (Lipinski definition) is 9. The van der Waals surface area contributed by atoms with Gasteiger partial charge in [0.05, 0.1) is 31.1 Å². The monoisotopic (exact) mass is 613 g/mol. The highest BCUT2D eigenvalue weighted by Gasteiger charge is 2.27. The molecular weight excluding hydrogens is 583 g/mol. The largest absolute Gasteiger partial charge is 0.324 e. The zero-order valence-corrected chi connectivity index (χ0v) is 25.8. The average molecular weight is 614 g/mol. The maximum atomic E-state index is 13.7. The number of nitrogens with zero attached hydrogens (tertiary/aromatic N) is 5. The van der Waals surface area contributed by atoms with Gasteiger partial charge < -0.3 is 0 Å². The van der Waals surface area contributed by atoms with Crippen molar-refractivity contribution in [2.45, 2.75) is 39.5 Å². The summed E-state index contributed by atoms with van der Waals surface area (Å²) in [5, 5.41) is 16.9. The molecule has 4 aromatic rings. The summed E-state index contributed by atoms with van der Waals surface area (Å²) >= 11 is 2.22. The van der Waals surface area contributed by atoms with Gasteiger partial charge in [0.2, 0.25) is 15.2 Å². The number of thiophene rings is 1. The predicted molar refractivity (Wildman–Crippen MR) is 165 cm³/mol. The molecule has 0 radical (unpaired) electrons. The lowest BCUT2D eigenvalue weighted by Crippen LogP contribution is -2.37. The van der Waals surface area contributed by atoms with Crippen molar-refractivity contribution < 1.29 is 18.1 Å². The van der Waals surface area contributed by atoms with Crippen LogP contribution in [0, 0.1) is 28.9 Å². The number of rotatable bonds is 11. The quantitative estimate of drug-likeness (QED) is 0.107. The number of carbonyl (C=O) groups excluding carboxylic acids is 1. The third kappa shape index (κ3) is 7.22. The highest BCUT2D eigenvalue weighted by molar-refractivity contribution is 7.89. The van der Waals surface area contributed by atoms with Gasteiger partial charge in [-0.2, -0.15) is 14.4 Å². The second-order valence-electron chi connectivity index (χ2n) is 10.4. The molecule has 1 amide bonds. The van der Waals surface area contributed by atoms with E-state index >= 15 is 0 Å². The predicted octanol–water partition coefficient (Wildman–Crippen LogP) is 6.56. The highest BCUT2D eigenvalue weighted by Crippen LogP contribution is 2.31. The molecule has 10 nitrogen and oxygen atoms in total. The van der Waals surface area contributed by atoms with Crippen LogP contribution in [0.15, 0.2) is 64.6 Å². The van der Waals surface area contributed by atoms with E-state index in [1.54, 1.807) is 6.07 Å². The van der Waals surface area contributed by atoms with Crippen LogP contribution >= 0.6 is 22.7 Å². The Balaban J connectivity index is 1.69. The first kappa shape index (κ1) is 30.4. The molecule has 0 bridgehead atoms. The Hall–Kier alpha value is -3.52. The molecular formula is C28H31N5O5S3. The zero-order valence-electron chi connectivity index (χ0n) is 23.3. The second-order valence-corrected chi connectivity index (χ2v) is 14.4. The van der Waals surface area contributed by atoms with Crippen molar-refractivity contribution in [3.8, 4) is 0 Å². The minimum absolute atomic E-state index is 0.0411. The number of benzene rings is 2. The van der Waals surface area contributed by atoms with Crippen LogP contribution in [-0.2, 0) is 10.0 Å². The number of fused-ring (bicyclic) bond motifs is 1. The van der Waals surface area contributed by atoms with Gasteiger partial charge in [0, 0.05) is 24.7 Å². The summed E-state index contributed by atoms with van der Waals surface area (Å²) in [7, 11) is -3.76. The smallest absolute Gasteiger partial charge is 0.267 e. The summed E-state index contributed by atoms with van der Waals surface area (Å²) in [6.07, 6.45) is 1.38. The molecule has 0 aliphatic heterocycles. The van der Waals surface area contributed by atoms with Gasteiger partial charge in [-0.25, -0.2) is 13.4 Å². The molecule has 0 fully saturated rings. The van der Waals surface area contributed by atoms with Gasteiger partial charge in [-0.05, 0) is 66.8 Å². The molecule has 0 aliphatic carbocycles. The van der Waals surface area contributed by atoms with E-state index in [1.807, 2.05) is 52.8 Å². The van der Waals surface area contributed by atoms with Gasteiger partial charge in [-0.15, -0.1) is 0 Å². The lowest BCUT2D eigenvalue weighted by Gasteiger charge is -2.25. The topological polar surface area (TPSA) is 126 Å². The summed E-state index contributed by atoms with van der Waals surface area (Å²) in [5.41, 5.74) is 1.96. The summed E-state index contributed by atoms with van der Waals surface area (Å²) in [4.78, 5) is 29.5. The van der Waals surface area contributed by atoms with Crippen molar-refractivity contribution in [3.63, 3.8) is 0 Å². The number of nitro groups is 1. The van der Waals surface area contributed by atoms with Crippen molar-refractivity contribution >= 4 is 65.2 Å².